The predicted octanol–water partition coefficient (Wildman–Crippen LogP) is 0.866. The molecular formula is C12H17N4O+. The van der Waals surface area contributed by atoms with E-state index in [1.54, 1.807) is 0 Å². The second kappa shape index (κ2) is 4.09. The van der Waals surface area contributed by atoms with E-state index in [0.29, 0.717) is 0 Å². The summed E-state index contributed by atoms with van der Waals surface area (Å²) >= 11 is 0. The molecule has 0 aliphatic carbocycles. The molecule has 0 bridgehead atoms. The van der Waals surface area contributed by atoms with Gasteiger partial charge in [-0.15, -0.1) is 5.10 Å². The van der Waals surface area contributed by atoms with Crippen LogP contribution in [0.25, 0.3) is 11.0 Å². The minimum absolute atomic E-state index is 0.836. The number of benzene rings is 1. The standard InChI is InChI=1S/C12H17N4O/c1-16(6-8-17-9-7-16)10-15-12-5-3-2-4-11(12)13-14-15/h2-5H,6-10H2,1H3/q+1. The quantitative estimate of drug-likeness (QED) is 0.722. The molecule has 1 saturated heterocycles. The number of morpholine rings is 1. The van der Waals surface area contributed by atoms with Crippen molar-refractivity contribution < 1.29 is 9.22 Å². The number of likely N-dealkylation sites (N-methyl/N-ethyl adjacent to an activating group) is 1. The van der Waals surface area contributed by atoms with Crippen molar-refractivity contribution in [2.45, 2.75) is 6.67 Å². The fourth-order valence-corrected chi connectivity index (χ4v) is 2.27. The monoisotopic (exact) mass is 233 g/mol. The van der Waals surface area contributed by atoms with Crippen molar-refractivity contribution in [3.05, 3.63) is 24.3 Å². The number of para-hydroxylation sites is 1. The molecular weight excluding hydrogens is 216 g/mol. The van der Waals surface area contributed by atoms with E-state index in [2.05, 4.69) is 23.4 Å². The largest absolute Gasteiger partial charge is 0.370 e. The smallest absolute Gasteiger partial charge is 0.176 e. The van der Waals surface area contributed by atoms with Gasteiger partial charge < -0.3 is 9.22 Å². The lowest BCUT2D eigenvalue weighted by Crippen LogP contribution is -2.52. The van der Waals surface area contributed by atoms with Gasteiger partial charge in [0.15, 0.2) is 6.67 Å². The Morgan fingerprint density at radius 2 is 2.06 bits per heavy atom. The van der Waals surface area contributed by atoms with E-state index in [9.17, 15) is 0 Å². The maximum atomic E-state index is 5.41. The molecule has 1 aromatic heterocycles. The predicted molar refractivity (Wildman–Crippen MR) is 64.3 cm³/mol. The summed E-state index contributed by atoms with van der Waals surface area (Å²) < 4.78 is 8.38. The molecule has 1 fully saturated rings. The summed E-state index contributed by atoms with van der Waals surface area (Å²) in [7, 11) is 2.25. The number of rotatable bonds is 2. The van der Waals surface area contributed by atoms with Gasteiger partial charge >= 0.3 is 0 Å². The number of hydrogen-bond donors (Lipinski definition) is 0. The Bertz CT molecular complexity index is 516. The van der Waals surface area contributed by atoms with Crippen LogP contribution in [0.3, 0.4) is 0 Å². The molecule has 0 radical (unpaired) electrons. The lowest BCUT2D eigenvalue weighted by atomic mass is 10.3. The van der Waals surface area contributed by atoms with Gasteiger partial charge in [-0.1, -0.05) is 17.3 Å². The summed E-state index contributed by atoms with van der Waals surface area (Å²) in [6.07, 6.45) is 0. The third kappa shape index (κ3) is 2.03. The van der Waals surface area contributed by atoms with Crippen LogP contribution in [0.15, 0.2) is 24.3 Å². The second-order valence-corrected chi connectivity index (χ2v) is 4.90. The van der Waals surface area contributed by atoms with Crippen molar-refractivity contribution in [1.29, 1.82) is 0 Å². The Kier molecular flexibility index (Phi) is 2.57. The van der Waals surface area contributed by atoms with Gasteiger partial charge in [-0.3, -0.25) is 0 Å². The summed E-state index contributed by atoms with van der Waals surface area (Å²) in [4.78, 5) is 0. The molecule has 3 rings (SSSR count). The zero-order valence-electron chi connectivity index (χ0n) is 10.0. The zero-order valence-corrected chi connectivity index (χ0v) is 10.0. The molecule has 1 aromatic carbocycles. The lowest BCUT2D eigenvalue weighted by Gasteiger charge is -2.37. The molecule has 1 aliphatic heterocycles. The third-order valence-electron chi connectivity index (χ3n) is 3.45. The molecule has 5 heteroatoms. The van der Waals surface area contributed by atoms with Gasteiger partial charge in [0.2, 0.25) is 0 Å². The van der Waals surface area contributed by atoms with Crippen molar-refractivity contribution >= 4 is 11.0 Å². The Morgan fingerprint density at radius 1 is 1.29 bits per heavy atom. The van der Waals surface area contributed by atoms with E-state index in [1.807, 2.05) is 22.9 Å². The first-order chi connectivity index (χ1) is 8.27. The van der Waals surface area contributed by atoms with E-state index < -0.39 is 0 Å². The second-order valence-electron chi connectivity index (χ2n) is 4.90. The molecule has 2 aromatic rings. The minimum atomic E-state index is 0.836. The maximum absolute atomic E-state index is 5.41. The number of quaternary nitrogens is 1. The van der Waals surface area contributed by atoms with Gasteiger partial charge in [-0.25, -0.2) is 0 Å². The van der Waals surface area contributed by atoms with Crippen LogP contribution in [-0.2, 0) is 11.4 Å². The van der Waals surface area contributed by atoms with Crippen molar-refractivity contribution in [3.8, 4) is 0 Å². The SMILES string of the molecule is C[N+]1(Cn2nnc3ccccc32)CCOCC1. The fraction of sp³-hybridized carbons (Fsp3) is 0.500. The number of fused-ring (bicyclic) bond motifs is 1. The molecule has 2 heterocycles. The first kappa shape index (κ1) is 10.7. The molecule has 0 saturated carbocycles. The Morgan fingerprint density at radius 3 is 2.88 bits per heavy atom. The van der Waals surface area contributed by atoms with Crippen molar-refractivity contribution in [2.24, 2.45) is 0 Å². The summed E-state index contributed by atoms with van der Waals surface area (Å²) in [5.74, 6) is 0. The topological polar surface area (TPSA) is 39.9 Å². The van der Waals surface area contributed by atoms with Crippen molar-refractivity contribution in [1.82, 2.24) is 15.0 Å². The third-order valence-corrected chi connectivity index (χ3v) is 3.45. The minimum Gasteiger partial charge on any atom is -0.370 e. The van der Waals surface area contributed by atoms with E-state index in [4.69, 9.17) is 4.74 Å². The van der Waals surface area contributed by atoms with Gasteiger partial charge in [0.25, 0.3) is 0 Å². The molecule has 0 unspecified atom stereocenters. The summed E-state index contributed by atoms with van der Waals surface area (Å²) in [6.45, 7) is 4.61. The molecule has 90 valence electrons. The molecule has 0 spiro atoms. The Labute approximate surface area is 100 Å². The van der Waals surface area contributed by atoms with Crippen LogP contribution in [0.4, 0.5) is 0 Å². The average molecular weight is 233 g/mol. The van der Waals surface area contributed by atoms with Crippen molar-refractivity contribution in [3.63, 3.8) is 0 Å². The lowest BCUT2D eigenvalue weighted by molar-refractivity contribution is -0.938. The van der Waals surface area contributed by atoms with Gasteiger partial charge in [0, 0.05) is 0 Å². The number of aromatic nitrogens is 3. The normalized spacial score (nSPS) is 19.6. The highest BCUT2D eigenvalue weighted by Crippen LogP contribution is 2.14. The first-order valence-electron chi connectivity index (χ1n) is 5.96. The summed E-state index contributed by atoms with van der Waals surface area (Å²) in [5.41, 5.74) is 2.07. The summed E-state index contributed by atoms with van der Waals surface area (Å²) in [5, 5.41) is 8.43. The van der Waals surface area contributed by atoms with Gasteiger partial charge in [0.05, 0.1) is 25.8 Å². The Balaban J connectivity index is 1.89. The molecule has 5 nitrogen and oxygen atoms in total. The number of ether oxygens (including phenoxy) is 1. The average Bonchev–Trinajstić information content (AvgIpc) is 2.73. The molecule has 0 amide bonds. The Hall–Kier alpha value is -1.46. The van der Waals surface area contributed by atoms with Crippen LogP contribution in [0.2, 0.25) is 0 Å². The maximum Gasteiger partial charge on any atom is 0.176 e. The van der Waals surface area contributed by atoms with Gasteiger partial charge in [0.1, 0.15) is 18.6 Å². The highest BCUT2D eigenvalue weighted by atomic mass is 16.5. The van der Waals surface area contributed by atoms with E-state index >= 15 is 0 Å². The molecule has 0 N–H and O–H groups in total. The van der Waals surface area contributed by atoms with Gasteiger partial charge in [-0.05, 0) is 12.1 Å². The molecule has 0 atom stereocenters. The molecule has 17 heavy (non-hydrogen) atoms. The highest BCUT2D eigenvalue weighted by molar-refractivity contribution is 5.73. The zero-order chi connectivity index (χ0) is 11.7. The van der Waals surface area contributed by atoms with Crippen LogP contribution < -0.4 is 0 Å². The van der Waals surface area contributed by atoms with E-state index in [-0.39, 0.29) is 0 Å². The van der Waals surface area contributed by atoms with E-state index in [0.717, 1.165) is 48.5 Å². The van der Waals surface area contributed by atoms with Crippen LogP contribution in [0.5, 0.6) is 0 Å². The fourth-order valence-electron chi connectivity index (χ4n) is 2.27. The highest BCUT2D eigenvalue weighted by Gasteiger charge is 2.26. The molecule has 1 aliphatic rings. The van der Waals surface area contributed by atoms with Crippen LogP contribution in [0, 0.1) is 0 Å². The number of nitrogens with zero attached hydrogens (tertiary/aromatic N) is 4. The summed E-state index contributed by atoms with van der Waals surface area (Å²) in [6, 6.07) is 8.09. The van der Waals surface area contributed by atoms with Crippen LogP contribution >= 0.6 is 0 Å². The van der Waals surface area contributed by atoms with E-state index in [1.165, 1.54) is 0 Å². The first-order valence-corrected chi connectivity index (χ1v) is 5.96. The van der Waals surface area contributed by atoms with Gasteiger partial charge in [-0.2, -0.15) is 4.68 Å². The van der Waals surface area contributed by atoms with Crippen molar-refractivity contribution in [2.75, 3.05) is 33.4 Å². The van der Waals surface area contributed by atoms with Crippen LogP contribution in [-0.4, -0.2) is 52.8 Å². The number of hydrogen-bond acceptors (Lipinski definition) is 3. The van der Waals surface area contributed by atoms with Crippen LogP contribution in [0.1, 0.15) is 0 Å².